The molecule has 0 amide bonds. The van der Waals surface area contributed by atoms with Gasteiger partial charge in [-0.3, -0.25) is 0 Å². The molecule has 1 atom stereocenters. The Balaban J connectivity index is 2.58. The standard InChI is InChI=1S/C14H24N2O3/c1-10-6-13(18-2)14(19-3)7-11(10)4-5-16-9-12(17)8-15/h6-7,12,16-17H,4-5,8-9,15H2,1-3H3. The molecule has 0 aliphatic rings. The fourth-order valence-electron chi connectivity index (χ4n) is 1.87. The molecule has 108 valence electrons. The van der Waals surface area contributed by atoms with Gasteiger partial charge in [-0.1, -0.05) is 0 Å². The summed E-state index contributed by atoms with van der Waals surface area (Å²) in [6.45, 7) is 3.63. The molecule has 0 aliphatic carbocycles. The minimum Gasteiger partial charge on any atom is -0.493 e. The minimum atomic E-state index is -0.480. The van der Waals surface area contributed by atoms with E-state index in [-0.39, 0.29) is 6.54 Å². The van der Waals surface area contributed by atoms with E-state index in [1.54, 1.807) is 14.2 Å². The van der Waals surface area contributed by atoms with Gasteiger partial charge in [0.05, 0.1) is 20.3 Å². The van der Waals surface area contributed by atoms with Crippen molar-refractivity contribution in [2.45, 2.75) is 19.4 Å². The van der Waals surface area contributed by atoms with Crippen LogP contribution in [0.3, 0.4) is 0 Å². The van der Waals surface area contributed by atoms with Gasteiger partial charge in [0.1, 0.15) is 0 Å². The molecule has 1 aromatic rings. The lowest BCUT2D eigenvalue weighted by Gasteiger charge is -2.14. The van der Waals surface area contributed by atoms with Crippen molar-refractivity contribution in [3.63, 3.8) is 0 Å². The molecule has 5 heteroatoms. The fraction of sp³-hybridized carbons (Fsp3) is 0.571. The number of methoxy groups -OCH3 is 2. The highest BCUT2D eigenvalue weighted by molar-refractivity contribution is 5.47. The second kappa shape index (κ2) is 7.99. The van der Waals surface area contributed by atoms with E-state index in [4.69, 9.17) is 15.2 Å². The largest absolute Gasteiger partial charge is 0.493 e. The molecule has 0 spiro atoms. The van der Waals surface area contributed by atoms with Crippen LogP contribution in [0.25, 0.3) is 0 Å². The smallest absolute Gasteiger partial charge is 0.161 e. The molecule has 0 aromatic heterocycles. The van der Waals surface area contributed by atoms with Gasteiger partial charge < -0.3 is 25.6 Å². The van der Waals surface area contributed by atoms with Crippen molar-refractivity contribution in [2.75, 3.05) is 33.9 Å². The number of aliphatic hydroxyl groups excluding tert-OH is 1. The van der Waals surface area contributed by atoms with Gasteiger partial charge in [-0.05, 0) is 43.1 Å². The maximum absolute atomic E-state index is 9.34. The second-order valence-corrected chi connectivity index (χ2v) is 4.48. The lowest BCUT2D eigenvalue weighted by Crippen LogP contribution is -2.33. The van der Waals surface area contributed by atoms with Gasteiger partial charge in [-0.15, -0.1) is 0 Å². The Hall–Kier alpha value is -1.30. The predicted octanol–water partition coefficient (Wildman–Crippen LogP) is 0.464. The molecular weight excluding hydrogens is 244 g/mol. The monoisotopic (exact) mass is 268 g/mol. The topological polar surface area (TPSA) is 76.7 Å². The van der Waals surface area contributed by atoms with Crippen LogP contribution >= 0.6 is 0 Å². The van der Waals surface area contributed by atoms with Crippen molar-refractivity contribution in [1.29, 1.82) is 0 Å². The van der Waals surface area contributed by atoms with E-state index in [2.05, 4.69) is 5.32 Å². The normalized spacial score (nSPS) is 12.3. The Morgan fingerprint density at radius 1 is 1.26 bits per heavy atom. The second-order valence-electron chi connectivity index (χ2n) is 4.48. The number of ether oxygens (including phenoxy) is 2. The van der Waals surface area contributed by atoms with Gasteiger partial charge in [0.15, 0.2) is 11.5 Å². The molecule has 19 heavy (non-hydrogen) atoms. The van der Waals surface area contributed by atoms with Crippen molar-refractivity contribution >= 4 is 0 Å². The number of hydrogen-bond donors (Lipinski definition) is 3. The third-order valence-electron chi connectivity index (χ3n) is 3.07. The Morgan fingerprint density at radius 2 is 1.89 bits per heavy atom. The molecule has 1 rings (SSSR count). The minimum absolute atomic E-state index is 0.280. The fourth-order valence-corrected chi connectivity index (χ4v) is 1.87. The summed E-state index contributed by atoms with van der Waals surface area (Å²) in [6, 6.07) is 3.97. The highest BCUT2D eigenvalue weighted by Gasteiger charge is 2.08. The van der Waals surface area contributed by atoms with Crippen LogP contribution in [0, 0.1) is 6.92 Å². The van der Waals surface area contributed by atoms with Crippen molar-refractivity contribution in [3.8, 4) is 11.5 Å². The number of rotatable bonds is 8. The maximum Gasteiger partial charge on any atom is 0.161 e. The van der Waals surface area contributed by atoms with Crippen molar-refractivity contribution in [1.82, 2.24) is 5.32 Å². The lowest BCUT2D eigenvalue weighted by molar-refractivity contribution is 0.180. The van der Waals surface area contributed by atoms with Crippen molar-refractivity contribution in [3.05, 3.63) is 23.3 Å². The Labute approximate surface area is 114 Å². The van der Waals surface area contributed by atoms with Crippen LogP contribution in [-0.2, 0) is 6.42 Å². The Kier molecular flexibility index (Phi) is 6.62. The van der Waals surface area contributed by atoms with E-state index in [0.717, 1.165) is 24.5 Å². The lowest BCUT2D eigenvalue weighted by atomic mass is 10.0. The van der Waals surface area contributed by atoms with E-state index in [1.165, 1.54) is 11.1 Å². The first-order valence-corrected chi connectivity index (χ1v) is 6.42. The molecule has 0 heterocycles. The van der Waals surface area contributed by atoms with E-state index in [9.17, 15) is 5.11 Å². The summed E-state index contributed by atoms with van der Waals surface area (Å²) in [5, 5.41) is 12.5. The average molecular weight is 268 g/mol. The van der Waals surface area contributed by atoms with E-state index >= 15 is 0 Å². The molecule has 0 aliphatic heterocycles. The highest BCUT2D eigenvalue weighted by atomic mass is 16.5. The van der Waals surface area contributed by atoms with Gasteiger partial charge in [-0.2, -0.15) is 0 Å². The van der Waals surface area contributed by atoms with Gasteiger partial charge in [-0.25, -0.2) is 0 Å². The molecule has 0 bridgehead atoms. The first-order valence-electron chi connectivity index (χ1n) is 6.42. The molecule has 0 saturated heterocycles. The predicted molar refractivity (Wildman–Crippen MR) is 75.9 cm³/mol. The van der Waals surface area contributed by atoms with Crippen LogP contribution < -0.4 is 20.5 Å². The molecule has 5 nitrogen and oxygen atoms in total. The molecule has 1 aromatic carbocycles. The van der Waals surface area contributed by atoms with E-state index < -0.39 is 6.10 Å². The van der Waals surface area contributed by atoms with Crippen LogP contribution in [-0.4, -0.2) is 45.1 Å². The highest BCUT2D eigenvalue weighted by Crippen LogP contribution is 2.30. The number of aliphatic hydroxyl groups is 1. The molecule has 4 N–H and O–H groups in total. The van der Waals surface area contributed by atoms with Crippen LogP contribution in [0.1, 0.15) is 11.1 Å². The number of nitrogens with one attached hydrogen (secondary N) is 1. The zero-order chi connectivity index (χ0) is 14.3. The molecular formula is C14H24N2O3. The van der Waals surface area contributed by atoms with Gasteiger partial charge in [0, 0.05) is 13.1 Å². The summed E-state index contributed by atoms with van der Waals surface area (Å²) in [5.41, 5.74) is 7.71. The van der Waals surface area contributed by atoms with Crippen LogP contribution in [0.4, 0.5) is 0 Å². The zero-order valence-electron chi connectivity index (χ0n) is 11.9. The first-order chi connectivity index (χ1) is 9.12. The summed E-state index contributed by atoms with van der Waals surface area (Å²) in [7, 11) is 3.26. The van der Waals surface area contributed by atoms with E-state index in [1.807, 2.05) is 19.1 Å². The molecule has 0 fully saturated rings. The van der Waals surface area contributed by atoms with Gasteiger partial charge >= 0.3 is 0 Å². The number of hydrogen-bond acceptors (Lipinski definition) is 5. The Morgan fingerprint density at radius 3 is 2.47 bits per heavy atom. The van der Waals surface area contributed by atoms with E-state index in [0.29, 0.717) is 6.54 Å². The summed E-state index contributed by atoms with van der Waals surface area (Å²) in [5.74, 6) is 1.49. The third-order valence-corrected chi connectivity index (χ3v) is 3.07. The number of aryl methyl sites for hydroxylation is 1. The number of nitrogens with two attached hydrogens (primary N) is 1. The van der Waals surface area contributed by atoms with Crippen LogP contribution in [0.5, 0.6) is 11.5 Å². The first kappa shape index (κ1) is 15.8. The maximum atomic E-state index is 9.34. The number of benzene rings is 1. The molecule has 0 radical (unpaired) electrons. The summed E-state index contributed by atoms with van der Waals surface area (Å²) in [4.78, 5) is 0. The third kappa shape index (κ3) is 4.70. The van der Waals surface area contributed by atoms with Gasteiger partial charge in [0.25, 0.3) is 0 Å². The van der Waals surface area contributed by atoms with Crippen molar-refractivity contribution in [2.24, 2.45) is 5.73 Å². The zero-order valence-corrected chi connectivity index (χ0v) is 11.9. The summed E-state index contributed by atoms with van der Waals surface area (Å²) < 4.78 is 10.5. The summed E-state index contributed by atoms with van der Waals surface area (Å²) >= 11 is 0. The van der Waals surface area contributed by atoms with Crippen molar-refractivity contribution < 1.29 is 14.6 Å². The molecule has 0 saturated carbocycles. The van der Waals surface area contributed by atoms with Crippen LogP contribution in [0.15, 0.2) is 12.1 Å². The SMILES string of the molecule is COc1cc(C)c(CCNCC(O)CN)cc1OC. The van der Waals surface area contributed by atoms with Crippen LogP contribution in [0.2, 0.25) is 0 Å². The molecule has 1 unspecified atom stereocenters. The summed E-state index contributed by atoms with van der Waals surface area (Å²) in [6.07, 6.45) is 0.384. The quantitative estimate of drug-likeness (QED) is 0.597. The van der Waals surface area contributed by atoms with Gasteiger partial charge in [0.2, 0.25) is 0 Å². The Bertz CT molecular complexity index is 397. The average Bonchev–Trinajstić information content (AvgIpc) is 2.43.